The third-order valence-electron chi connectivity index (χ3n) is 5.23. The van der Waals surface area contributed by atoms with Crippen molar-refractivity contribution >= 4 is 17.6 Å². The fourth-order valence-electron chi connectivity index (χ4n) is 3.59. The lowest BCUT2D eigenvalue weighted by atomic mass is 10.0. The molecule has 1 aliphatic heterocycles. The standard InChI is InChI=1S/C24H27N5O3/c1-5-32-20-13-17(8-11-19(20)30)22-27-23(26-18-9-6-16(7-10-18)14(2)3)28-24-25-15(4)12-21(31)29(22)24/h6-14,22,30H,5H2,1-4H3,(H2,25,26,27,28). The van der Waals surface area contributed by atoms with Crippen LogP contribution in [0.4, 0.5) is 11.6 Å². The van der Waals surface area contributed by atoms with Gasteiger partial charge in [0.15, 0.2) is 17.7 Å². The Balaban J connectivity index is 1.75. The summed E-state index contributed by atoms with van der Waals surface area (Å²) in [4.78, 5) is 22.1. The number of hydrogen-bond acceptors (Lipinski definition) is 7. The van der Waals surface area contributed by atoms with Crippen molar-refractivity contribution in [2.45, 2.75) is 39.8 Å². The van der Waals surface area contributed by atoms with Crippen molar-refractivity contribution in [1.29, 1.82) is 0 Å². The highest BCUT2D eigenvalue weighted by molar-refractivity contribution is 6.03. The summed E-state index contributed by atoms with van der Waals surface area (Å²) < 4.78 is 7.01. The van der Waals surface area contributed by atoms with Crippen molar-refractivity contribution in [2.24, 2.45) is 4.99 Å². The molecule has 3 N–H and O–H groups in total. The van der Waals surface area contributed by atoms with Crippen molar-refractivity contribution in [1.82, 2.24) is 9.55 Å². The molecule has 32 heavy (non-hydrogen) atoms. The van der Waals surface area contributed by atoms with Gasteiger partial charge in [-0.1, -0.05) is 32.0 Å². The molecular weight excluding hydrogens is 406 g/mol. The maximum atomic E-state index is 12.8. The Morgan fingerprint density at radius 1 is 1.19 bits per heavy atom. The highest BCUT2D eigenvalue weighted by Gasteiger charge is 2.26. The lowest BCUT2D eigenvalue weighted by Gasteiger charge is -2.27. The van der Waals surface area contributed by atoms with E-state index in [4.69, 9.17) is 9.73 Å². The summed E-state index contributed by atoms with van der Waals surface area (Å²) in [6.45, 7) is 8.32. The van der Waals surface area contributed by atoms with Gasteiger partial charge in [0.2, 0.25) is 11.9 Å². The summed E-state index contributed by atoms with van der Waals surface area (Å²) >= 11 is 0. The molecule has 3 aromatic rings. The summed E-state index contributed by atoms with van der Waals surface area (Å²) in [5.74, 6) is 1.68. The Kier molecular flexibility index (Phi) is 5.85. The minimum atomic E-state index is -0.677. The Bertz CT molecular complexity index is 1220. The van der Waals surface area contributed by atoms with Crippen LogP contribution >= 0.6 is 0 Å². The number of aromatic nitrogens is 2. The lowest BCUT2D eigenvalue weighted by molar-refractivity contribution is 0.317. The largest absolute Gasteiger partial charge is 0.504 e. The molecule has 1 aliphatic rings. The predicted molar refractivity (Wildman–Crippen MR) is 126 cm³/mol. The molecule has 1 unspecified atom stereocenters. The summed E-state index contributed by atoms with van der Waals surface area (Å²) in [5, 5.41) is 16.5. The molecule has 8 heteroatoms. The number of aliphatic imine (C=N–C) groups is 1. The molecular formula is C24H27N5O3. The SMILES string of the molecule is CCOc1cc(C2N=C(Nc3ccc(C(C)C)cc3)Nc3nc(C)cc(=O)n32)ccc1O. The second kappa shape index (κ2) is 8.74. The average molecular weight is 434 g/mol. The predicted octanol–water partition coefficient (Wildman–Crippen LogP) is 4.22. The van der Waals surface area contributed by atoms with E-state index in [9.17, 15) is 9.90 Å². The van der Waals surface area contributed by atoms with Crippen LogP contribution in [-0.4, -0.2) is 27.2 Å². The number of phenolic OH excluding ortho intramolecular Hbond substituents is 1. The van der Waals surface area contributed by atoms with E-state index in [1.165, 1.54) is 16.2 Å². The second-order valence-electron chi connectivity index (χ2n) is 7.97. The molecule has 4 rings (SSSR count). The molecule has 0 spiro atoms. The topological polar surface area (TPSA) is 101 Å². The number of aryl methyl sites for hydroxylation is 1. The van der Waals surface area contributed by atoms with E-state index in [1.807, 2.05) is 19.1 Å². The highest BCUT2D eigenvalue weighted by Crippen LogP contribution is 2.33. The van der Waals surface area contributed by atoms with Gasteiger partial charge in [-0.3, -0.25) is 14.7 Å². The zero-order chi connectivity index (χ0) is 22.8. The van der Waals surface area contributed by atoms with E-state index < -0.39 is 6.17 Å². The maximum absolute atomic E-state index is 12.8. The number of anilines is 2. The van der Waals surface area contributed by atoms with Gasteiger partial charge < -0.3 is 15.2 Å². The molecule has 0 fully saturated rings. The summed E-state index contributed by atoms with van der Waals surface area (Å²) in [6, 6.07) is 14.6. The van der Waals surface area contributed by atoms with E-state index in [0.717, 1.165) is 5.69 Å². The van der Waals surface area contributed by atoms with E-state index in [0.29, 0.717) is 41.4 Å². The van der Waals surface area contributed by atoms with Crippen molar-refractivity contribution in [3.63, 3.8) is 0 Å². The third-order valence-corrected chi connectivity index (χ3v) is 5.23. The monoisotopic (exact) mass is 433 g/mol. The fraction of sp³-hybridized carbons (Fsp3) is 0.292. The number of rotatable bonds is 5. The number of ether oxygens (including phenoxy) is 1. The summed E-state index contributed by atoms with van der Waals surface area (Å²) in [5.41, 5.74) is 3.18. The van der Waals surface area contributed by atoms with Crippen molar-refractivity contribution in [3.05, 3.63) is 75.7 Å². The molecule has 1 aromatic heterocycles. The van der Waals surface area contributed by atoms with Gasteiger partial charge in [-0.15, -0.1) is 0 Å². The maximum Gasteiger partial charge on any atom is 0.257 e. The number of nitrogens with zero attached hydrogens (tertiary/aromatic N) is 3. The van der Waals surface area contributed by atoms with Gasteiger partial charge in [-0.05, 0) is 49.6 Å². The number of nitrogens with one attached hydrogen (secondary N) is 2. The average Bonchev–Trinajstić information content (AvgIpc) is 2.75. The van der Waals surface area contributed by atoms with E-state index in [1.54, 1.807) is 25.1 Å². The zero-order valence-electron chi connectivity index (χ0n) is 18.6. The van der Waals surface area contributed by atoms with Gasteiger partial charge in [-0.2, -0.15) is 0 Å². The molecule has 0 bridgehead atoms. The van der Waals surface area contributed by atoms with Crippen LogP contribution < -0.4 is 20.9 Å². The lowest BCUT2D eigenvalue weighted by Crippen LogP contribution is -2.37. The van der Waals surface area contributed by atoms with Crippen LogP contribution in [0.25, 0.3) is 0 Å². The first-order valence-electron chi connectivity index (χ1n) is 10.6. The van der Waals surface area contributed by atoms with Crippen molar-refractivity contribution in [2.75, 3.05) is 17.2 Å². The minimum Gasteiger partial charge on any atom is -0.504 e. The Hall–Kier alpha value is -3.81. The second-order valence-corrected chi connectivity index (χ2v) is 7.97. The van der Waals surface area contributed by atoms with E-state index in [-0.39, 0.29) is 11.3 Å². The van der Waals surface area contributed by atoms with Crippen molar-refractivity contribution in [3.8, 4) is 11.5 Å². The number of fused-ring (bicyclic) bond motifs is 1. The Morgan fingerprint density at radius 2 is 1.94 bits per heavy atom. The zero-order valence-corrected chi connectivity index (χ0v) is 18.6. The third kappa shape index (κ3) is 4.30. The number of hydrogen-bond donors (Lipinski definition) is 3. The quantitative estimate of drug-likeness (QED) is 0.557. The molecule has 0 aliphatic carbocycles. The summed E-state index contributed by atoms with van der Waals surface area (Å²) in [7, 11) is 0. The smallest absolute Gasteiger partial charge is 0.257 e. The van der Waals surface area contributed by atoms with Crippen LogP contribution in [0, 0.1) is 6.92 Å². The van der Waals surface area contributed by atoms with Crippen LogP contribution in [0.1, 0.15) is 49.7 Å². The van der Waals surface area contributed by atoms with Crippen LogP contribution in [0.15, 0.2) is 58.3 Å². The fourth-order valence-corrected chi connectivity index (χ4v) is 3.59. The normalized spacial score (nSPS) is 15.0. The van der Waals surface area contributed by atoms with Gasteiger partial charge in [0.25, 0.3) is 5.56 Å². The van der Waals surface area contributed by atoms with Crippen molar-refractivity contribution < 1.29 is 9.84 Å². The Labute approximate surface area is 186 Å². The molecule has 8 nitrogen and oxygen atoms in total. The number of benzene rings is 2. The molecule has 0 saturated carbocycles. The van der Waals surface area contributed by atoms with Gasteiger partial charge in [0, 0.05) is 23.0 Å². The van der Waals surface area contributed by atoms with Gasteiger partial charge in [0.05, 0.1) is 6.61 Å². The first kappa shape index (κ1) is 21.4. The molecule has 2 heterocycles. The minimum absolute atomic E-state index is 0.0340. The number of phenols is 1. The molecule has 0 saturated heterocycles. The highest BCUT2D eigenvalue weighted by atomic mass is 16.5. The molecule has 0 radical (unpaired) electrons. The van der Waals surface area contributed by atoms with E-state index in [2.05, 4.69) is 41.6 Å². The first-order chi connectivity index (χ1) is 15.4. The van der Waals surface area contributed by atoms with Crippen LogP contribution in [0.3, 0.4) is 0 Å². The van der Waals surface area contributed by atoms with E-state index >= 15 is 0 Å². The van der Waals surface area contributed by atoms with Gasteiger partial charge >= 0.3 is 0 Å². The Morgan fingerprint density at radius 3 is 2.62 bits per heavy atom. The molecule has 166 valence electrons. The van der Waals surface area contributed by atoms with Gasteiger partial charge in [0.1, 0.15) is 0 Å². The molecule has 2 aromatic carbocycles. The number of guanidine groups is 1. The number of aromatic hydroxyl groups is 1. The molecule has 0 amide bonds. The van der Waals surface area contributed by atoms with Crippen LogP contribution in [0.2, 0.25) is 0 Å². The van der Waals surface area contributed by atoms with Gasteiger partial charge in [-0.25, -0.2) is 9.98 Å². The molecule has 1 atom stereocenters. The van der Waals surface area contributed by atoms with Crippen LogP contribution in [-0.2, 0) is 0 Å². The summed E-state index contributed by atoms with van der Waals surface area (Å²) in [6.07, 6.45) is -0.677. The van der Waals surface area contributed by atoms with Crippen LogP contribution in [0.5, 0.6) is 11.5 Å². The first-order valence-corrected chi connectivity index (χ1v) is 10.6.